The molecule has 1 unspecified atom stereocenters. The van der Waals surface area contributed by atoms with E-state index in [1.165, 1.54) is 16.8 Å². The minimum Gasteiger partial charge on any atom is -0.489 e. The van der Waals surface area contributed by atoms with Crippen LogP contribution in [0.15, 0.2) is 66.2 Å². The molecule has 4 nitrogen and oxygen atoms in total. The van der Waals surface area contributed by atoms with E-state index in [2.05, 4.69) is 66.1 Å². The van der Waals surface area contributed by atoms with Gasteiger partial charge in [-0.3, -0.25) is 0 Å². The minimum atomic E-state index is -0.213. The average Bonchev–Trinajstić information content (AvgIpc) is 2.78. The van der Waals surface area contributed by atoms with Crippen LogP contribution in [0.1, 0.15) is 45.6 Å². The van der Waals surface area contributed by atoms with E-state index in [9.17, 15) is 5.11 Å². The molecule has 31 heavy (non-hydrogen) atoms. The molecule has 1 heterocycles. The van der Waals surface area contributed by atoms with Crippen molar-refractivity contribution in [1.29, 1.82) is 0 Å². The van der Waals surface area contributed by atoms with Gasteiger partial charge in [0, 0.05) is 37.9 Å². The summed E-state index contributed by atoms with van der Waals surface area (Å²) in [5.74, 6) is 0.905. The fourth-order valence-corrected chi connectivity index (χ4v) is 4.04. The van der Waals surface area contributed by atoms with Crippen molar-refractivity contribution in [2.24, 2.45) is 0 Å². The fourth-order valence-electron chi connectivity index (χ4n) is 4.04. The largest absolute Gasteiger partial charge is 0.489 e. The molecule has 0 bridgehead atoms. The molecule has 0 aromatic heterocycles. The van der Waals surface area contributed by atoms with Gasteiger partial charge in [-0.2, -0.15) is 0 Å². The third-order valence-corrected chi connectivity index (χ3v) is 5.97. The molecule has 0 radical (unpaired) electrons. The summed E-state index contributed by atoms with van der Waals surface area (Å²) in [6, 6.07) is 19.4. The maximum Gasteiger partial charge on any atom is 0.119 e. The highest BCUT2D eigenvalue weighted by atomic mass is 16.5. The summed E-state index contributed by atoms with van der Waals surface area (Å²) < 4.78 is 5.97. The summed E-state index contributed by atoms with van der Waals surface area (Å²) in [6.07, 6.45) is 5.27. The molecule has 0 saturated carbocycles. The molecule has 0 amide bonds. The number of benzene rings is 2. The maximum absolute atomic E-state index is 9.57. The van der Waals surface area contributed by atoms with Gasteiger partial charge < -0.3 is 19.6 Å². The summed E-state index contributed by atoms with van der Waals surface area (Å²) in [7, 11) is 0. The van der Waals surface area contributed by atoms with E-state index in [0.717, 1.165) is 51.2 Å². The monoisotopic (exact) mass is 422 g/mol. The van der Waals surface area contributed by atoms with Gasteiger partial charge in [-0.15, -0.1) is 0 Å². The predicted octanol–water partition coefficient (Wildman–Crippen LogP) is 5.27. The highest BCUT2D eigenvalue weighted by Crippen LogP contribution is 2.26. The van der Waals surface area contributed by atoms with Gasteiger partial charge in [0.15, 0.2) is 0 Å². The second-order valence-corrected chi connectivity index (χ2v) is 8.91. The Morgan fingerprint density at radius 1 is 1.10 bits per heavy atom. The summed E-state index contributed by atoms with van der Waals surface area (Å²) in [6.45, 7) is 10.9. The van der Waals surface area contributed by atoms with Crippen molar-refractivity contribution in [2.45, 2.75) is 58.8 Å². The first-order valence-electron chi connectivity index (χ1n) is 11.6. The molecular formula is C27H38N2O2. The van der Waals surface area contributed by atoms with Crippen LogP contribution in [0.5, 0.6) is 5.75 Å². The minimum absolute atomic E-state index is 0.213. The van der Waals surface area contributed by atoms with Crippen LogP contribution in [-0.4, -0.2) is 48.3 Å². The topological polar surface area (TPSA) is 35.9 Å². The lowest BCUT2D eigenvalue weighted by atomic mass is 10.0. The molecule has 1 aliphatic heterocycles. The van der Waals surface area contributed by atoms with Crippen LogP contribution in [0.3, 0.4) is 0 Å². The number of aliphatic hydroxyl groups is 1. The van der Waals surface area contributed by atoms with Crippen molar-refractivity contribution in [3.05, 3.63) is 71.8 Å². The van der Waals surface area contributed by atoms with Crippen LogP contribution < -0.4 is 9.64 Å². The molecule has 1 N–H and O–H groups in total. The summed E-state index contributed by atoms with van der Waals surface area (Å²) in [5.41, 5.74) is 3.79. The Hall–Kier alpha value is -2.30. The van der Waals surface area contributed by atoms with Gasteiger partial charge in [-0.1, -0.05) is 42.0 Å². The number of ether oxygens (including phenoxy) is 1. The lowest BCUT2D eigenvalue weighted by Crippen LogP contribution is -2.45. The second-order valence-electron chi connectivity index (χ2n) is 8.91. The molecule has 0 spiro atoms. The van der Waals surface area contributed by atoms with Crippen LogP contribution >= 0.6 is 0 Å². The van der Waals surface area contributed by atoms with Crippen LogP contribution in [-0.2, 0) is 6.61 Å². The van der Waals surface area contributed by atoms with Crippen LogP contribution in [0, 0.1) is 0 Å². The molecule has 168 valence electrons. The van der Waals surface area contributed by atoms with Crippen molar-refractivity contribution in [3.8, 4) is 5.75 Å². The molecule has 3 rings (SSSR count). The quantitative estimate of drug-likeness (QED) is 0.529. The van der Waals surface area contributed by atoms with E-state index in [-0.39, 0.29) is 6.10 Å². The van der Waals surface area contributed by atoms with Crippen LogP contribution in [0.4, 0.5) is 5.69 Å². The average molecular weight is 423 g/mol. The van der Waals surface area contributed by atoms with Crippen molar-refractivity contribution in [1.82, 2.24) is 4.90 Å². The van der Waals surface area contributed by atoms with Gasteiger partial charge in [0.05, 0.1) is 6.10 Å². The first kappa shape index (κ1) is 23.4. The van der Waals surface area contributed by atoms with Gasteiger partial charge in [0.2, 0.25) is 0 Å². The molecular weight excluding hydrogens is 384 g/mol. The molecule has 2 aromatic carbocycles. The number of likely N-dealkylation sites (tertiary alicyclic amines) is 1. The molecule has 2 aromatic rings. The lowest BCUT2D eigenvalue weighted by molar-refractivity contribution is 0.142. The Morgan fingerprint density at radius 3 is 2.39 bits per heavy atom. The Kier molecular flexibility index (Phi) is 8.98. The molecule has 0 aliphatic carbocycles. The molecule has 1 aliphatic rings. The lowest BCUT2D eigenvalue weighted by Gasteiger charge is -2.39. The van der Waals surface area contributed by atoms with E-state index in [1.807, 2.05) is 25.1 Å². The third-order valence-electron chi connectivity index (χ3n) is 5.97. The van der Waals surface area contributed by atoms with Crippen molar-refractivity contribution in [2.75, 3.05) is 31.1 Å². The summed E-state index contributed by atoms with van der Waals surface area (Å²) >= 11 is 0. The van der Waals surface area contributed by atoms with Crippen LogP contribution in [0.25, 0.3) is 0 Å². The molecule has 4 heteroatoms. The molecule has 1 saturated heterocycles. The highest BCUT2D eigenvalue weighted by molar-refractivity contribution is 5.51. The van der Waals surface area contributed by atoms with Crippen LogP contribution in [0.2, 0.25) is 0 Å². The highest BCUT2D eigenvalue weighted by Gasteiger charge is 2.24. The number of hydrogen-bond donors (Lipinski definition) is 1. The van der Waals surface area contributed by atoms with E-state index >= 15 is 0 Å². The first-order valence-corrected chi connectivity index (χ1v) is 11.6. The second kappa shape index (κ2) is 11.9. The smallest absolute Gasteiger partial charge is 0.119 e. The van der Waals surface area contributed by atoms with Gasteiger partial charge >= 0.3 is 0 Å². The number of rotatable bonds is 10. The molecule has 1 fully saturated rings. The third kappa shape index (κ3) is 7.71. The zero-order chi connectivity index (χ0) is 22.1. The summed E-state index contributed by atoms with van der Waals surface area (Å²) in [5, 5.41) is 9.57. The Bertz CT molecular complexity index is 790. The number of allylic oxidation sites excluding steroid dienone is 1. The van der Waals surface area contributed by atoms with Crippen molar-refractivity contribution in [3.63, 3.8) is 0 Å². The Balaban J connectivity index is 1.61. The zero-order valence-corrected chi connectivity index (χ0v) is 19.3. The van der Waals surface area contributed by atoms with Gasteiger partial charge in [-0.25, -0.2) is 0 Å². The van der Waals surface area contributed by atoms with E-state index in [0.29, 0.717) is 12.6 Å². The van der Waals surface area contributed by atoms with Gasteiger partial charge in [0.25, 0.3) is 0 Å². The maximum atomic E-state index is 9.57. The zero-order valence-electron chi connectivity index (χ0n) is 19.3. The molecule has 1 atom stereocenters. The number of nitrogens with zero attached hydrogens (tertiary/aromatic N) is 2. The van der Waals surface area contributed by atoms with E-state index < -0.39 is 0 Å². The Labute approximate surface area is 188 Å². The SMILES string of the molecule is CC(C)=CCN(c1ccc(OCc2ccccc2)cc1)C1CCN(CCC(C)O)CC1. The number of hydrogen-bond acceptors (Lipinski definition) is 4. The van der Waals surface area contributed by atoms with Gasteiger partial charge in [-0.05, 0) is 69.9 Å². The van der Waals surface area contributed by atoms with Crippen molar-refractivity contribution >= 4 is 5.69 Å². The fraction of sp³-hybridized carbons (Fsp3) is 0.481. The Morgan fingerprint density at radius 2 is 1.77 bits per heavy atom. The normalized spacial score (nSPS) is 16.0. The predicted molar refractivity (Wildman–Crippen MR) is 130 cm³/mol. The van der Waals surface area contributed by atoms with E-state index in [4.69, 9.17) is 4.74 Å². The number of piperidine rings is 1. The van der Waals surface area contributed by atoms with E-state index in [1.54, 1.807) is 0 Å². The van der Waals surface area contributed by atoms with Crippen molar-refractivity contribution < 1.29 is 9.84 Å². The first-order chi connectivity index (χ1) is 15.0. The number of anilines is 1. The standard InChI is InChI=1S/C27H38N2O2/c1-22(2)13-20-29(26-15-18-28(19-16-26)17-14-23(3)30)25-9-11-27(12-10-25)31-21-24-7-5-4-6-8-24/h4-13,23,26,30H,14-21H2,1-3H3. The number of aliphatic hydroxyl groups excluding tert-OH is 1. The van der Waals surface area contributed by atoms with Gasteiger partial charge in [0.1, 0.15) is 12.4 Å². The summed E-state index contributed by atoms with van der Waals surface area (Å²) in [4.78, 5) is 5.03.